The summed E-state index contributed by atoms with van der Waals surface area (Å²) < 4.78 is 2.62. The van der Waals surface area contributed by atoms with Crippen molar-refractivity contribution in [1.29, 1.82) is 0 Å². The average molecular weight is 380 g/mol. The van der Waals surface area contributed by atoms with E-state index in [9.17, 15) is 9.59 Å². The molecule has 0 unspecified atom stereocenters. The largest absolute Gasteiger partial charge is 0.336 e. The van der Waals surface area contributed by atoms with E-state index >= 15 is 0 Å². The zero-order valence-electron chi connectivity index (χ0n) is 14.9. The van der Waals surface area contributed by atoms with Gasteiger partial charge in [-0.1, -0.05) is 12.1 Å². The molecule has 7 heteroatoms. The van der Waals surface area contributed by atoms with Crippen molar-refractivity contribution in [3.05, 3.63) is 57.0 Å². The van der Waals surface area contributed by atoms with E-state index < -0.39 is 0 Å². The Hall–Kier alpha value is -2.54. The van der Waals surface area contributed by atoms with Crippen LogP contribution in [0, 0.1) is 5.92 Å². The lowest BCUT2D eigenvalue weighted by Crippen LogP contribution is -2.52. The Morgan fingerprint density at radius 2 is 2.00 bits per heavy atom. The Balaban J connectivity index is 1.26. The number of thiazole rings is 1. The number of carbonyl (C=O) groups is 1. The fraction of sp³-hybridized carbons (Fsp3) is 0.400. The molecule has 2 aliphatic rings. The second kappa shape index (κ2) is 6.56. The Labute approximate surface area is 160 Å². The predicted octanol–water partition coefficient (Wildman–Crippen LogP) is 2.50. The first kappa shape index (κ1) is 16.6. The SMILES string of the molecule is O=C(c1nc2ccccc2s1)N1CC(Cn2nc3c(cc2=O)CCCC3)C1. The first-order valence-electron chi connectivity index (χ1n) is 9.42. The highest BCUT2D eigenvalue weighted by Gasteiger charge is 2.33. The van der Waals surface area contributed by atoms with Crippen molar-refractivity contribution in [3.63, 3.8) is 0 Å². The summed E-state index contributed by atoms with van der Waals surface area (Å²) in [5.41, 5.74) is 3.03. The first-order chi connectivity index (χ1) is 13.2. The van der Waals surface area contributed by atoms with Gasteiger partial charge in [-0.05, 0) is 43.4 Å². The highest BCUT2D eigenvalue weighted by Crippen LogP contribution is 2.26. The minimum absolute atomic E-state index is 0.0156. The topological polar surface area (TPSA) is 68.1 Å². The molecule has 0 atom stereocenters. The summed E-state index contributed by atoms with van der Waals surface area (Å²) in [4.78, 5) is 31.2. The second-order valence-corrected chi connectivity index (χ2v) is 8.44. The number of hydrogen-bond acceptors (Lipinski definition) is 5. The predicted molar refractivity (Wildman–Crippen MR) is 104 cm³/mol. The highest BCUT2D eigenvalue weighted by molar-refractivity contribution is 7.20. The molecule has 27 heavy (non-hydrogen) atoms. The van der Waals surface area contributed by atoms with E-state index in [0.717, 1.165) is 47.2 Å². The van der Waals surface area contributed by atoms with Crippen molar-refractivity contribution in [2.24, 2.45) is 5.92 Å². The van der Waals surface area contributed by atoms with Crippen molar-refractivity contribution in [2.45, 2.75) is 32.2 Å². The monoisotopic (exact) mass is 380 g/mol. The summed E-state index contributed by atoms with van der Waals surface area (Å²) >= 11 is 1.44. The summed E-state index contributed by atoms with van der Waals surface area (Å²) in [7, 11) is 0. The third-order valence-corrected chi connectivity index (χ3v) is 6.45. The number of benzene rings is 1. The molecule has 5 rings (SSSR count). The van der Waals surface area contributed by atoms with Gasteiger partial charge in [0.15, 0.2) is 5.01 Å². The molecule has 1 saturated heterocycles. The number of hydrogen-bond donors (Lipinski definition) is 0. The summed E-state index contributed by atoms with van der Waals surface area (Å²) in [6, 6.07) is 9.55. The van der Waals surface area contributed by atoms with E-state index in [1.165, 1.54) is 11.3 Å². The number of nitrogens with zero attached hydrogens (tertiary/aromatic N) is 4. The zero-order valence-corrected chi connectivity index (χ0v) is 15.7. The molecule has 0 saturated carbocycles. The minimum atomic E-state index is -0.0217. The van der Waals surface area contributed by atoms with Crippen LogP contribution in [0.1, 0.15) is 33.9 Å². The molecule has 1 amide bonds. The Morgan fingerprint density at radius 1 is 1.19 bits per heavy atom. The highest BCUT2D eigenvalue weighted by atomic mass is 32.1. The van der Waals surface area contributed by atoms with Gasteiger partial charge in [-0.15, -0.1) is 11.3 Å². The minimum Gasteiger partial charge on any atom is -0.336 e. The van der Waals surface area contributed by atoms with Gasteiger partial charge in [0.1, 0.15) is 0 Å². The van der Waals surface area contributed by atoms with Crippen LogP contribution in [0.4, 0.5) is 0 Å². The van der Waals surface area contributed by atoms with Gasteiger partial charge in [-0.3, -0.25) is 9.59 Å². The van der Waals surface area contributed by atoms with E-state index in [1.54, 1.807) is 10.7 Å². The lowest BCUT2D eigenvalue weighted by Gasteiger charge is -2.38. The van der Waals surface area contributed by atoms with Gasteiger partial charge in [0.05, 0.1) is 22.5 Å². The maximum atomic E-state index is 12.6. The molecule has 1 fully saturated rings. The van der Waals surface area contributed by atoms with Crippen LogP contribution in [0.5, 0.6) is 0 Å². The molecule has 0 spiro atoms. The normalized spacial score (nSPS) is 17.0. The quantitative estimate of drug-likeness (QED) is 0.700. The smallest absolute Gasteiger partial charge is 0.282 e. The molecular formula is C20H20N4O2S. The van der Waals surface area contributed by atoms with Crippen molar-refractivity contribution in [2.75, 3.05) is 13.1 Å². The van der Waals surface area contributed by atoms with Crippen LogP contribution >= 0.6 is 11.3 Å². The van der Waals surface area contributed by atoms with E-state index in [1.807, 2.05) is 29.2 Å². The third-order valence-electron chi connectivity index (χ3n) is 5.43. The number of amides is 1. The summed E-state index contributed by atoms with van der Waals surface area (Å²) in [6.45, 7) is 1.88. The molecule has 3 heterocycles. The number of aryl methyl sites for hydroxylation is 2. The molecule has 6 nitrogen and oxygen atoms in total. The van der Waals surface area contributed by atoms with Crippen LogP contribution in [0.2, 0.25) is 0 Å². The van der Waals surface area contributed by atoms with Gasteiger partial charge in [0, 0.05) is 25.1 Å². The van der Waals surface area contributed by atoms with Gasteiger partial charge < -0.3 is 4.90 Å². The van der Waals surface area contributed by atoms with Gasteiger partial charge >= 0.3 is 0 Å². The van der Waals surface area contributed by atoms with Crippen molar-refractivity contribution in [3.8, 4) is 0 Å². The van der Waals surface area contributed by atoms with Gasteiger partial charge in [-0.2, -0.15) is 5.10 Å². The molecule has 138 valence electrons. The van der Waals surface area contributed by atoms with E-state index in [2.05, 4.69) is 10.1 Å². The number of carbonyl (C=O) groups excluding carboxylic acids is 1. The van der Waals surface area contributed by atoms with Crippen LogP contribution in [-0.4, -0.2) is 38.7 Å². The number of fused-ring (bicyclic) bond motifs is 2. The van der Waals surface area contributed by atoms with Crippen molar-refractivity contribution >= 4 is 27.5 Å². The zero-order chi connectivity index (χ0) is 18.4. The van der Waals surface area contributed by atoms with Crippen LogP contribution < -0.4 is 5.56 Å². The molecule has 0 bridgehead atoms. The Bertz CT molecular complexity index is 1050. The average Bonchev–Trinajstić information content (AvgIpc) is 3.08. The number of likely N-dealkylation sites (tertiary alicyclic amines) is 1. The number of rotatable bonds is 3. The molecule has 1 aliphatic heterocycles. The molecule has 2 aromatic heterocycles. The third kappa shape index (κ3) is 3.06. The number of aromatic nitrogens is 3. The molecule has 3 aromatic rings. The fourth-order valence-electron chi connectivity index (χ4n) is 3.93. The molecular weight excluding hydrogens is 360 g/mol. The van der Waals surface area contributed by atoms with Crippen molar-refractivity contribution < 1.29 is 4.79 Å². The van der Waals surface area contributed by atoms with Gasteiger partial charge in [0.2, 0.25) is 0 Å². The summed E-state index contributed by atoms with van der Waals surface area (Å²) in [5, 5.41) is 5.12. The summed E-state index contributed by atoms with van der Waals surface area (Å²) in [6.07, 6.45) is 4.21. The fourth-order valence-corrected chi connectivity index (χ4v) is 4.86. The van der Waals surface area contributed by atoms with Crippen LogP contribution in [0.3, 0.4) is 0 Å². The lowest BCUT2D eigenvalue weighted by molar-refractivity contribution is 0.0457. The molecule has 0 radical (unpaired) electrons. The van der Waals surface area contributed by atoms with E-state index in [4.69, 9.17) is 0 Å². The molecule has 0 N–H and O–H groups in total. The van der Waals surface area contributed by atoms with Gasteiger partial charge in [0.25, 0.3) is 11.5 Å². The van der Waals surface area contributed by atoms with Crippen LogP contribution in [0.25, 0.3) is 10.2 Å². The van der Waals surface area contributed by atoms with Crippen LogP contribution in [0.15, 0.2) is 35.1 Å². The Kier molecular flexibility index (Phi) is 4.04. The Morgan fingerprint density at radius 3 is 2.85 bits per heavy atom. The molecule has 1 aromatic carbocycles. The first-order valence-corrected chi connectivity index (χ1v) is 10.2. The maximum Gasteiger partial charge on any atom is 0.282 e. The number of para-hydroxylation sites is 1. The summed E-state index contributed by atoms with van der Waals surface area (Å²) in [5.74, 6) is 0.258. The van der Waals surface area contributed by atoms with E-state index in [0.29, 0.717) is 24.6 Å². The van der Waals surface area contributed by atoms with Gasteiger partial charge in [-0.25, -0.2) is 9.67 Å². The van der Waals surface area contributed by atoms with Crippen LogP contribution in [-0.2, 0) is 19.4 Å². The standard InChI is InChI=1S/C20H20N4O2S/c25-18-9-14-5-1-2-6-15(14)22-24(18)12-13-10-23(11-13)20(26)19-21-16-7-3-4-8-17(16)27-19/h3-4,7-9,13H,1-2,5-6,10-12H2. The second-order valence-electron chi connectivity index (χ2n) is 7.41. The molecule has 1 aliphatic carbocycles. The maximum absolute atomic E-state index is 12.6. The van der Waals surface area contributed by atoms with Crippen molar-refractivity contribution in [1.82, 2.24) is 19.7 Å². The lowest BCUT2D eigenvalue weighted by atomic mass is 9.96. The van der Waals surface area contributed by atoms with E-state index in [-0.39, 0.29) is 17.4 Å².